The number of piperidine rings is 1. The van der Waals surface area contributed by atoms with Crippen LogP contribution in [0.3, 0.4) is 0 Å². The maximum atomic E-state index is 12.6. The van der Waals surface area contributed by atoms with Crippen LogP contribution in [0.15, 0.2) is 24.3 Å². The third kappa shape index (κ3) is 4.22. The second-order valence-electron chi connectivity index (χ2n) is 7.19. The Kier molecular flexibility index (Phi) is 6.53. The minimum absolute atomic E-state index is 0. The van der Waals surface area contributed by atoms with Crippen LogP contribution in [0.5, 0.6) is 5.75 Å². The Morgan fingerprint density at radius 1 is 1.25 bits per heavy atom. The number of amides is 1. The Hall–Kier alpha value is -1.26. The van der Waals surface area contributed by atoms with Crippen molar-refractivity contribution in [2.24, 2.45) is 5.41 Å². The summed E-state index contributed by atoms with van der Waals surface area (Å²) in [5.74, 6) is 1.41. The van der Waals surface area contributed by atoms with Crippen LogP contribution in [-0.4, -0.2) is 44.1 Å². The average Bonchev–Trinajstić information content (AvgIpc) is 3.03. The molecule has 0 radical (unpaired) electrons. The standard InChI is InChI=1S/C19H28N2O2.ClH/c1-15(16-3-5-17(23-2)6-4-16)13-18(22)21-11-8-19(9-12-21)7-10-20-14-19;/h3-6,15,20H,7-14H2,1-2H3;1H. The number of nitrogens with one attached hydrogen (secondary N) is 1. The van der Waals surface area contributed by atoms with Crippen molar-refractivity contribution in [3.05, 3.63) is 29.8 Å². The van der Waals surface area contributed by atoms with Gasteiger partial charge in [-0.15, -0.1) is 12.4 Å². The number of ether oxygens (including phenoxy) is 1. The Balaban J connectivity index is 0.00000208. The van der Waals surface area contributed by atoms with Crippen molar-refractivity contribution >= 4 is 18.3 Å². The Bertz CT molecular complexity index is 531. The van der Waals surface area contributed by atoms with E-state index in [4.69, 9.17) is 4.74 Å². The number of carbonyl (C=O) groups excluding carboxylic acids is 1. The third-order valence-corrected chi connectivity index (χ3v) is 5.67. The van der Waals surface area contributed by atoms with Crippen LogP contribution in [-0.2, 0) is 4.79 Å². The lowest BCUT2D eigenvalue weighted by Crippen LogP contribution is -2.44. The molecule has 4 nitrogen and oxygen atoms in total. The van der Waals surface area contributed by atoms with Crippen LogP contribution >= 0.6 is 12.4 Å². The van der Waals surface area contributed by atoms with Crippen LogP contribution in [0.25, 0.3) is 0 Å². The van der Waals surface area contributed by atoms with Gasteiger partial charge in [-0.1, -0.05) is 19.1 Å². The SMILES string of the molecule is COc1ccc(C(C)CC(=O)N2CCC3(CCNC3)CC2)cc1.Cl. The van der Waals surface area contributed by atoms with Crippen molar-refractivity contribution < 1.29 is 9.53 Å². The lowest BCUT2D eigenvalue weighted by molar-refractivity contribution is -0.133. The van der Waals surface area contributed by atoms with Crippen molar-refractivity contribution in [2.45, 2.75) is 38.5 Å². The number of hydrogen-bond acceptors (Lipinski definition) is 3. The molecule has 1 atom stereocenters. The fourth-order valence-electron chi connectivity index (χ4n) is 3.89. The van der Waals surface area contributed by atoms with E-state index in [1.165, 1.54) is 12.0 Å². The molecule has 5 heteroatoms. The van der Waals surface area contributed by atoms with Crippen LogP contribution < -0.4 is 10.1 Å². The number of nitrogens with zero attached hydrogens (tertiary/aromatic N) is 1. The summed E-state index contributed by atoms with van der Waals surface area (Å²) < 4.78 is 5.19. The number of methoxy groups -OCH3 is 1. The van der Waals surface area contributed by atoms with Gasteiger partial charge in [0.2, 0.25) is 5.91 Å². The Morgan fingerprint density at radius 2 is 1.92 bits per heavy atom. The lowest BCUT2D eigenvalue weighted by atomic mass is 9.77. The van der Waals surface area contributed by atoms with E-state index in [0.717, 1.165) is 44.8 Å². The smallest absolute Gasteiger partial charge is 0.223 e. The van der Waals surface area contributed by atoms with Gasteiger partial charge in [0.15, 0.2) is 0 Å². The number of benzene rings is 1. The van der Waals surface area contributed by atoms with E-state index < -0.39 is 0 Å². The van der Waals surface area contributed by atoms with Gasteiger partial charge in [-0.2, -0.15) is 0 Å². The van der Waals surface area contributed by atoms with E-state index in [2.05, 4.69) is 29.3 Å². The van der Waals surface area contributed by atoms with E-state index in [-0.39, 0.29) is 18.3 Å². The molecule has 1 spiro atoms. The minimum Gasteiger partial charge on any atom is -0.497 e. The fourth-order valence-corrected chi connectivity index (χ4v) is 3.89. The molecule has 134 valence electrons. The van der Waals surface area contributed by atoms with Gasteiger partial charge in [0, 0.05) is 26.1 Å². The Labute approximate surface area is 151 Å². The minimum atomic E-state index is 0. The molecule has 3 rings (SSSR count). The third-order valence-electron chi connectivity index (χ3n) is 5.67. The molecule has 2 fully saturated rings. The lowest BCUT2D eigenvalue weighted by Gasteiger charge is -2.39. The first-order valence-electron chi connectivity index (χ1n) is 8.74. The molecule has 0 aromatic heterocycles. The molecule has 2 aliphatic heterocycles. The summed E-state index contributed by atoms with van der Waals surface area (Å²) in [6.45, 7) is 6.26. The van der Waals surface area contributed by atoms with Gasteiger partial charge < -0.3 is 15.0 Å². The number of hydrogen-bond donors (Lipinski definition) is 1. The summed E-state index contributed by atoms with van der Waals surface area (Å²) in [5, 5.41) is 3.48. The van der Waals surface area contributed by atoms with Crippen molar-refractivity contribution in [2.75, 3.05) is 33.3 Å². The highest BCUT2D eigenvalue weighted by molar-refractivity contribution is 5.85. The molecular formula is C19H29ClN2O2. The summed E-state index contributed by atoms with van der Waals surface area (Å²) in [5.41, 5.74) is 1.67. The van der Waals surface area contributed by atoms with E-state index in [1.54, 1.807) is 7.11 Å². The number of rotatable bonds is 4. The van der Waals surface area contributed by atoms with Crippen molar-refractivity contribution in [1.82, 2.24) is 10.2 Å². The molecule has 2 saturated heterocycles. The van der Waals surface area contributed by atoms with Gasteiger partial charge in [-0.25, -0.2) is 0 Å². The molecular weight excluding hydrogens is 324 g/mol. The highest BCUT2D eigenvalue weighted by Gasteiger charge is 2.38. The van der Waals surface area contributed by atoms with Gasteiger partial charge in [0.05, 0.1) is 7.11 Å². The van der Waals surface area contributed by atoms with E-state index >= 15 is 0 Å². The molecule has 1 N–H and O–H groups in total. The molecule has 24 heavy (non-hydrogen) atoms. The van der Waals surface area contributed by atoms with Crippen LogP contribution in [0, 0.1) is 5.41 Å². The number of halogens is 1. The molecule has 2 heterocycles. The zero-order valence-electron chi connectivity index (χ0n) is 14.7. The molecule has 0 bridgehead atoms. The largest absolute Gasteiger partial charge is 0.497 e. The van der Waals surface area contributed by atoms with E-state index in [0.29, 0.717) is 17.7 Å². The highest BCUT2D eigenvalue weighted by Crippen LogP contribution is 2.37. The second-order valence-corrected chi connectivity index (χ2v) is 7.19. The predicted molar refractivity (Wildman–Crippen MR) is 99.0 cm³/mol. The second kappa shape index (κ2) is 8.21. The average molecular weight is 353 g/mol. The predicted octanol–water partition coefficient (Wildman–Crippen LogP) is 3.21. The topological polar surface area (TPSA) is 41.6 Å². The fraction of sp³-hybridized carbons (Fsp3) is 0.632. The monoisotopic (exact) mass is 352 g/mol. The molecule has 0 saturated carbocycles. The van der Waals surface area contributed by atoms with Crippen LogP contribution in [0.2, 0.25) is 0 Å². The Morgan fingerprint density at radius 3 is 2.46 bits per heavy atom. The molecule has 0 aliphatic carbocycles. The highest BCUT2D eigenvalue weighted by atomic mass is 35.5. The summed E-state index contributed by atoms with van der Waals surface area (Å²) in [7, 11) is 1.67. The summed E-state index contributed by atoms with van der Waals surface area (Å²) in [6.07, 6.45) is 4.18. The van der Waals surface area contributed by atoms with Crippen LogP contribution in [0.4, 0.5) is 0 Å². The molecule has 2 aliphatic rings. The number of likely N-dealkylation sites (tertiary alicyclic amines) is 1. The van der Waals surface area contributed by atoms with Crippen molar-refractivity contribution in [3.63, 3.8) is 0 Å². The normalized spacial score (nSPS) is 20.5. The molecule has 1 unspecified atom stereocenters. The quantitative estimate of drug-likeness (QED) is 0.904. The molecule has 1 aromatic rings. The molecule has 1 amide bonds. The van der Waals surface area contributed by atoms with E-state index in [9.17, 15) is 4.79 Å². The van der Waals surface area contributed by atoms with Gasteiger partial charge in [0.25, 0.3) is 0 Å². The summed E-state index contributed by atoms with van der Waals surface area (Å²) >= 11 is 0. The summed E-state index contributed by atoms with van der Waals surface area (Å²) in [6, 6.07) is 8.06. The maximum absolute atomic E-state index is 12.6. The van der Waals surface area contributed by atoms with Gasteiger partial charge in [-0.05, 0) is 54.8 Å². The summed E-state index contributed by atoms with van der Waals surface area (Å²) in [4.78, 5) is 14.7. The first-order valence-corrected chi connectivity index (χ1v) is 8.74. The molecule has 1 aromatic carbocycles. The zero-order valence-corrected chi connectivity index (χ0v) is 15.5. The first-order chi connectivity index (χ1) is 11.1. The van der Waals surface area contributed by atoms with Crippen molar-refractivity contribution in [1.29, 1.82) is 0 Å². The van der Waals surface area contributed by atoms with E-state index in [1.807, 2.05) is 12.1 Å². The van der Waals surface area contributed by atoms with Gasteiger partial charge in [0.1, 0.15) is 5.75 Å². The maximum Gasteiger partial charge on any atom is 0.223 e. The van der Waals surface area contributed by atoms with Crippen molar-refractivity contribution in [3.8, 4) is 5.75 Å². The number of carbonyl (C=O) groups is 1. The first kappa shape index (κ1) is 19.1. The zero-order chi connectivity index (χ0) is 16.3. The van der Waals surface area contributed by atoms with Gasteiger partial charge in [-0.3, -0.25) is 4.79 Å². The van der Waals surface area contributed by atoms with Gasteiger partial charge >= 0.3 is 0 Å². The van der Waals surface area contributed by atoms with Crippen LogP contribution in [0.1, 0.15) is 44.1 Å².